The Labute approximate surface area is 200 Å². The minimum absolute atomic E-state index is 0.0346. The van der Waals surface area contributed by atoms with Crippen molar-refractivity contribution < 1.29 is 14.6 Å². The number of hydrogen-bond acceptors (Lipinski definition) is 6. The Morgan fingerprint density at radius 2 is 1.77 bits per heavy atom. The number of carbonyl (C=O) groups is 1. The van der Waals surface area contributed by atoms with Crippen LogP contribution in [0.3, 0.4) is 0 Å². The second-order valence-corrected chi connectivity index (χ2v) is 8.83. The molecule has 4 aromatic rings. The van der Waals surface area contributed by atoms with E-state index >= 15 is 0 Å². The molecule has 3 aliphatic heterocycles. The van der Waals surface area contributed by atoms with Crippen molar-refractivity contribution in [2.24, 2.45) is 0 Å². The number of hydrogen-bond donors (Lipinski definition) is 1. The van der Waals surface area contributed by atoms with Crippen molar-refractivity contribution in [2.45, 2.75) is 12.2 Å². The lowest BCUT2D eigenvalue weighted by molar-refractivity contribution is -0.0196. The predicted molar refractivity (Wildman–Crippen MR) is 127 cm³/mol. The number of carbonyl (C=O) groups excluding carboxylic acids is 1. The van der Waals surface area contributed by atoms with Gasteiger partial charge in [-0.2, -0.15) is 0 Å². The fourth-order valence-corrected chi connectivity index (χ4v) is 5.56. The van der Waals surface area contributed by atoms with Gasteiger partial charge < -0.3 is 14.7 Å². The van der Waals surface area contributed by atoms with Crippen molar-refractivity contribution in [3.63, 3.8) is 0 Å². The lowest BCUT2D eigenvalue weighted by atomic mass is 9.93. The molecule has 0 spiro atoms. The van der Waals surface area contributed by atoms with Crippen LogP contribution in [0.15, 0.2) is 78.0 Å². The average molecular weight is 467 g/mol. The highest BCUT2D eigenvalue weighted by atomic mass is 16.5. The summed E-state index contributed by atoms with van der Waals surface area (Å²) in [5, 5.41) is 12.8. The molecule has 1 saturated heterocycles. The molecule has 2 atom stereocenters. The third-order valence-electron chi connectivity index (χ3n) is 7.07. The molecule has 9 heteroatoms. The molecule has 1 amide bonds. The maximum atomic E-state index is 13.5. The number of nitrogens with zero attached hydrogens (tertiary/aromatic N) is 5. The number of para-hydroxylation sites is 1. The summed E-state index contributed by atoms with van der Waals surface area (Å²) in [6.45, 7) is 1.05. The Morgan fingerprint density at radius 1 is 0.971 bits per heavy atom. The van der Waals surface area contributed by atoms with E-state index in [0.717, 1.165) is 28.2 Å². The van der Waals surface area contributed by atoms with Crippen LogP contribution in [0.1, 0.15) is 27.7 Å². The number of ether oxygens (including phenoxy) is 1. The zero-order valence-electron chi connectivity index (χ0n) is 18.6. The normalized spacial score (nSPS) is 20.3. The van der Waals surface area contributed by atoms with Crippen LogP contribution < -0.4 is 10.4 Å². The van der Waals surface area contributed by atoms with Crippen LogP contribution in [0.5, 0.6) is 5.75 Å². The van der Waals surface area contributed by atoms with E-state index in [1.165, 1.54) is 6.07 Å². The third-order valence-corrected chi connectivity index (χ3v) is 7.07. The monoisotopic (exact) mass is 467 g/mol. The second kappa shape index (κ2) is 7.31. The smallest absolute Gasteiger partial charge is 0.278 e. The molecule has 1 fully saturated rings. The van der Waals surface area contributed by atoms with Gasteiger partial charge in [-0.05, 0) is 11.6 Å². The standard InChI is InChI=1S/C26H21N5O4/c32-20-9-11-30-23(24(20)33)26(34)29-13-14-35-15-21(29)31(30)22-16-5-1-2-6-17(16)25-27-10-12-28(25)19-8-4-3-7-18(19)22/h1-12,21-22,33H,13-15H2. The highest BCUT2D eigenvalue weighted by molar-refractivity contribution is 5.96. The fourth-order valence-electron chi connectivity index (χ4n) is 5.56. The molecule has 0 radical (unpaired) electrons. The van der Waals surface area contributed by atoms with Gasteiger partial charge in [-0.3, -0.25) is 23.8 Å². The fraction of sp³-hybridized carbons (Fsp3) is 0.192. The first kappa shape index (κ1) is 20.0. The number of imidazole rings is 1. The van der Waals surface area contributed by atoms with Crippen LogP contribution in [0, 0.1) is 0 Å². The predicted octanol–water partition coefficient (Wildman–Crippen LogP) is 2.26. The van der Waals surface area contributed by atoms with E-state index in [0.29, 0.717) is 19.8 Å². The molecule has 2 aromatic heterocycles. The number of aromatic hydroxyl groups is 1. The first-order chi connectivity index (χ1) is 17.1. The van der Waals surface area contributed by atoms with Gasteiger partial charge in [-0.1, -0.05) is 42.5 Å². The van der Waals surface area contributed by atoms with Crippen molar-refractivity contribution in [2.75, 3.05) is 24.8 Å². The third kappa shape index (κ3) is 2.69. The minimum Gasteiger partial charge on any atom is -0.502 e. The average Bonchev–Trinajstić information content (AvgIpc) is 3.34. The van der Waals surface area contributed by atoms with E-state index in [2.05, 4.69) is 21.7 Å². The van der Waals surface area contributed by atoms with Gasteiger partial charge in [0.1, 0.15) is 18.0 Å². The molecular weight excluding hydrogens is 446 g/mol. The first-order valence-electron chi connectivity index (χ1n) is 11.5. The van der Waals surface area contributed by atoms with E-state index in [1.54, 1.807) is 22.0 Å². The van der Waals surface area contributed by atoms with E-state index in [4.69, 9.17) is 4.74 Å². The SMILES string of the molecule is O=C1c2c(O)c(=O)ccn2N(C2c3ccccc3-c3nccn3-c3ccccc32)C2COCCN12. The number of morpholine rings is 1. The van der Waals surface area contributed by atoms with Crippen molar-refractivity contribution in [3.05, 3.63) is 100 Å². The van der Waals surface area contributed by atoms with E-state index < -0.39 is 17.3 Å². The summed E-state index contributed by atoms with van der Waals surface area (Å²) in [6, 6.07) is 17.1. The van der Waals surface area contributed by atoms with E-state index in [1.807, 2.05) is 47.6 Å². The van der Waals surface area contributed by atoms with Crippen molar-refractivity contribution in [1.29, 1.82) is 0 Å². The summed E-state index contributed by atoms with van der Waals surface area (Å²) >= 11 is 0. The molecule has 0 saturated carbocycles. The number of aromatic nitrogens is 3. The topological polar surface area (TPSA) is 92.8 Å². The first-order valence-corrected chi connectivity index (χ1v) is 11.5. The molecular formula is C26H21N5O4. The van der Waals surface area contributed by atoms with Crippen LogP contribution in [0.2, 0.25) is 0 Å². The van der Waals surface area contributed by atoms with Crippen LogP contribution in [0.25, 0.3) is 17.1 Å². The molecule has 3 aliphatic rings. The van der Waals surface area contributed by atoms with Gasteiger partial charge in [0.15, 0.2) is 11.4 Å². The number of rotatable bonds is 1. The molecule has 174 valence electrons. The Hall–Kier alpha value is -4.37. The van der Waals surface area contributed by atoms with Gasteiger partial charge in [0, 0.05) is 42.3 Å². The highest BCUT2D eigenvalue weighted by Crippen LogP contribution is 2.43. The van der Waals surface area contributed by atoms with Crippen LogP contribution in [-0.4, -0.2) is 56.1 Å². The molecule has 1 N–H and O–H groups in total. The summed E-state index contributed by atoms with van der Waals surface area (Å²) in [7, 11) is 0. The number of fused-ring (bicyclic) bond motifs is 7. The lowest BCUT2D eigenvalue weighted by Gasteiger charge is -2.51. The summed E-state index contributed by atoms with van der Waals surface area (Å²) in [4.78, 5) is 32.2. The van der Waals surface area contributed by atoms with E-state index in [-0.39, 0.29) is 17.6 Å². The molecule has 2 aromatic carbocycles. The second-order valence-electron chi connectivity index (χ2n) is 8.83. The van der Waals surface area contributed by atoms with Crippen LogP contribution >= 0.6 is 0 Å². The molecule has 0 bridgehead atoms. The molecule has 35 heavy (non-hydrogen) atoms. The number of benzene rings is 2. The molecule has 7 rings (SSSR count). The number of pyridine rings is 1. The number of amides is 1. The molecule has 9 nitrogen and oxygen atoms in total. The van der Waals surface area contributed by atoms with Gasteiger partial charge in [0.2, 0.25) is 5.43 Å². The summed E-state index contributed by atoms with van der Waals surface area (Å²) in [6.07, 6.45) is 4.86. The molecule has 2 unspecified atom stereocenters. The zero-order chi connectivity index (χ0) is 23.7. The Bertz CT molecular complexity index is 1500. The Morgan fingerprint density at radius 3 is 2.66 bits per heavy atom. The van der Waals surface area contributed by atoms with Gasteiger partial charge in [-0.15, -0.1) is 0 Å². The Balaban J connectivity index is 1.57. The quantitative estimate of drug-likeness (QED) is 0.462. The maximum Gasteiger partial charge on any atom is 0.278 e. The summed E-state index contributed by atoms with van der Waals surface area (Å²) in [5.41, 5.74) is 3.30. The zero-order valence-corrected chi connectivity index (χ0v) is 18.6. The van der Waals surface area contributed by atoms with Gasteiger partial charge in [0.25, 0.3) is 5.91 Å². The minimum atomic E-state index is -0.585. The molecule has 5 heterocycles. The summed E-state index contributed by atoms with van der Waals surface area (Å²) < 4.78 is 9.54. The lowest BCUT2D eigenvalue weighted by Crippen LogP contribution is -2.66. The van der Waals surface area contributed by atoms with E-state index in [9.17, 15) is 14.7 Å². The van der Waals surface area contributed by atoms with Gasteiger partial charge in [-0.25, -0.2) is 4.98 Å². The summed E-state index contributed by atoms with van der Waals surface area (Å²) in [5.74, 6) is -0.105. The van der Waals surface area contributed by atoms with Crippen molar-refractivity contribution in [1.82, 2.24) is 19.1 Å². The van der Waals surface area contributed by atoms with Gasteiger partial charge >= 0.3 is 0 Å². The molecule has 0 aliphatic carbocycles. The van der Waals surface area contributed by atoms with Gasteiger partial charge in [0.05, 0.1) is 18.9 Å². The largest absolute Gasteiger partial charge is 0.502 e. The Kier molecular flexibility index (Phi) is 4.19. The maximum absolute atomic E-state index is 13.5. The van der Waals surface area contributed by atoms with Crippen LogP contribution in [-0.2, 0) is 4.74 Å². The van der Waals surface area contributed by atoms with Crippen molar-refractivity contribution >= 4 is 5.91 Å². The van der Waals surface area contributed by atoms with Crippen molar-refractivity contribution in [3.8, 4) is 22.8 Å². The van der Waals surface area contributed by atoms with Crippen LogP contribution in [0.4, 0.5) is 0 Å². The highest BCUT2D eigenvalue weighted by Gasteiger charge is 2.46.